The monoisotopic (exact) mass is 239 g/mol. The molecule has 3 rings (SSSR count). The summed E-state index contributed by atoms with van der Waals surface area (Å²) in [7, 11) is 0. The first-order chi connectivity index (χ1) is 8.19. The third-order valence-electron chi connectivity index (χ3n) is 5.27. The molecule has 0 bridgehead atoms. The Morgan fingerprint density at radius 1 is 1.12 bits per heavy atom. The molecule has 0 spiro atoms. The van der Waals surface area contributed by atoms with E-state index >= 15 is 0 Å². The Balaban J connectivity index is 1.75. The second-order valence-corrected chi connectivity index (χ2v) is 6.32. The molecule has 98 valence electrons. The van der Waals surface area contributed by atoms with Crippen LogP contribution in [-0.4, -0.2) is 48.0 Å². The highest BCUT2D eigenvalue weighted by atomic mass is 16.5. The summed E-state index contributed by atoms with van der Waals surface area (Å²) in [6, 6.07) is 0.366. The Hall–Kier alpha value is -0.120. The number of likely N-dealkylation sites (tertiary alicyclic amines) is 1. The molecule has 0 radical (unpaired) electrons. The summed E-state index contributed by atoms with van der Waals surface area (Å²) in [4.78, 5) is 2.54. The lowest BCUT2D eigenvalue weighted by atomic mass is 9.68. The zero-order chi connectivity index (χ0) is 11.9. The van der Waals surface area contributed by atoms with E-state index in [9.17, 15) is 5.11 Å². The fourth-order valence-corrected chi connectivity index (χ4v) is 4.22. The van der Waals surface area contributed by atoms with Crippen LogP contribution in [0.3, 0.4) is 0 Å². The van der Waals surface area contributed by atoms with Crippen LogP contribution < -0.4 is 0 Å². The van der Waals surface area contributed by atoms with Crippen molar-refractivity contribution in [2.45, 2.75) is 50.7 Å². The van der Waals surface area contributed by atoms with Gasteiger partial charge in [0.2, 0.25) is 0 Å². The van der Waals surface area contributed by atoms with Gasteiger partial charge in [-0.15, -0.1) is 0 Å². The van der Waals surface area contributed by atoms with E-state index < -0.39 is 5.60 Å². The van der Waals surface area contributed by atoms with E-state index in [4.69, 9.17) is 4.74 Å². The van der Waals surface area contributed by atoms with Gasteiger partial charge in [0.15, 0.2) is 0 Å². The van der Waals surface area contributed by atoms with Crippen molar-refractivity contribution >= 4 is 0 Å². The maximum Gasteiger partial charge on any atom is 0.0827 e. The molecule has 2 aliphatic heterocycles. The molecule has 1 N–H and O–H groups in total. The highest BCUT2D eigenvalue weighted by molar-refractivity contribution is 5.03. The van der Waals surface area contributed by atoms with Crippen LogP contribution in [0.5, 0.6) is 0 Å². The molecular weight excluding hydrogens is 214 g/mol. The SMILES string of the molecule is C[C@]1(O)[C@@H]2COC[C@H]2CC[C@H]1N1CCCCC1. The maximum atomic E-state index is 10.9. The van der Waals surface area contributed by atoms with E-state index in [1.165, 1.54) is 38.8 Å². The minimum Gasteiger partial charge on any atom is -0.388 e. The van der Waals surface area contributed by atoms with E-state index in [2.05, 4.69) is 11.8 Å². The van der Waals surface area contributed by atoms with Gasteiger partial charge in [-0.1, -0.05) is 6.42 Å². The van der Waals surface area contributed by atoms with E-state index in [0.29, 0.717) is 17.9 Å². The van der Waals surface area contributed by atoms with Gasteiger partial charge in [0.1, 0.15) is 0 Å². The van der Waals surface area contributed by atoms with Gasteiger partial charge >= 0.3 is 0 Å². The summed E-state index contributed by atoms with van der Waals surface area (Å²) >= 11 is 0. The molecule has 2 saturated heterocycles. The number of fused-ring (bicyclic) bond motifs is 1. The van der Waals surface area contributed by atoms with E-state index in [0.717, 1.165) is 19.6 Å². The van der Waals surface area contributed by atoms with Gasteiger partial charge < -0.3 is 9.84 Å². The van der Waals surface area contributed by atoms with Crippen LogP contribution in [0.25, 0.3) is 0 Å². The van der Waals surface area contributed by atoms with Gasteiger partial charge in [-0.05, 0) is 51.6 Å². The van der Waals surface area contributed by atoms with Crippen molar-refractivity contribution in [2.24, 2.45) is 11.8 Å². The average Bonchev–Trinajstić information content (AvgIpc) is 2.80. The predicted octanol–water partition coefficient (Wildman–Crippen LogP) is 1.65. The number of ether oxygens (including phenoxy) is 1. The molecule has 3 fully saturated rings. The van der Waals surface area contributed by atoms with Crippen molar-refractivity contribution in [3.05, 3.63) is 0 Å². The van der Waals surface area contributed by atoms with Gasteiger partial charge in [-0.3, -0.25) is 4.90 Å². The first-order valence-corrected chi connectivity index (χ1v) is 7.24. The molecule has 1 aliphatic carbocycles. The lowest BCUT2D eigenvalue weighted by Crippen LogP contribution is -2.60. The van der Waals surface area contributed by atoms with Gasteiger partial charge in [-0.25, -0.2) is 0 Å². The van der Waals surface area contributed by atoms with Crippen molar-refractivity contribution in [1.82, 2.24) is 4.90 Å². The Kier molecular flexibility index (Phi) is 3.18. The minimum absolute atomic E-state index is 0.364. The van der Waals surface area contributed by atoms with Crippen LogP contribution in [0.1, 0.15) is 39.0 Å². The number of piperidine rings is 1. The first kappa shape index (κ1) is 11.9. The Morgan fingerprint density at radius 3 is 2.65 bits per heavy atom. The highest BCUT2D eigenvalue weighted by Gasteiger charge is 2.51. The number of rotatable bonds is 1. The molecule has 3 nitrogen and oxygen atoms in total. The molecule has 2 heterocycles. The third-order valence-corrected chi connectivity index (χ3v) is 5.27. The van der Waals surface area contributed by atoms with Crippen LogP contribution >= 0.6 is 0 Å². The van der Waals surface area contributed by atoms with Gasteiger partial charge in [0, 0.05) is 18.6 Å². The molecule has 0 amide bonds. The summed E-state index contributed by atoms with van der Waals surface area (Å²) < 4.78 is 5.58. The molecule has 4 atom stereocenters. The molecule has 3 aliphatic rings. The highest BCUT2D eigenvalue weighted by Crippen LogP contribution is 2.43. The molecule has 0 aromatic heterocycles. The molecule has 0 aromatic rings. The van der Waals surface area contributed by atoms with Crippen LogP contribution in [0.4, 0.5) is 0 Å². The fraction of sp³-hybridized carbons (Fsp3) is 1.00. The third kappa shape index (κ3) is 2.02. The first-order valence-electron chi connectivity index (χ1n) is 7.24. The average molecular weight is 239 g/mol. The summed E-state index contributed by atoms with van der Waals surface area (Å²) in [6.07, 6.45) is 6.36. The number of nitrogens with zero attached hydrogens (tertiary/aromatic N) is 1. The quantitative estimate of drug-likeness (QED) is 0.755. The summed E-state index contributed by atoms with van der Waals surface area (Å²) in [5.74, 6) is 0.967. The number of hydrogen-bond acceptors (Lipinski definition) is 3. The minimum atomic E-state index is -0.545. The van der Waals surface area contributed by atoms with E-state index in [1.807, 2.05) is 0 Å². The van der Waals surface area contributed by atoms with Crippen molar-refractivity contribution in [3.63, 3.8) is 0 Å². The number of aliphatic hydroxyl groups is 1. The Bertz CT molecular complexity index is 273. The second-order valence-electron chi connectivity index (χ2n) is 6.32. The molecule has 1 saturated carbocycles. The lowest BCUT2D eigenvalue weighted by Gasteiger charge is -2.50. The largest absolute Gasteiger partial charge is 0.388 e. The van der Waals surface area contributed by atoms with Crippen molar-refractivity contribution < 1.29 is 9.84 Å². The van der Waals surface area contributed by atoms with Crippen LogP contribution in [0.15, 0.2) is 0 Å². The standard InChI is InChI=1S/C14H25NO2/c1-14(16)12-10-17-9-11(12)5-6-13(14)15-7-3-2-4-8-15/h11-13,16H,2-10H2,1H3/t11-,12-,13-,14+/m1/s1. The zero-order valence-electron chi connectivity index (χ0n) is 10.9. The zero-order valence-corrected chi connectivity index (χ0v) is 10.9. The number of hydrogen-bond donors (Lipinski definition) is 1. The van der Waals surface area contributed by atoms with E-state index in [1.54, 1.807) is 0 Å². The van der Waals surface area contributed by atoms with Crippen LogP contribution in [0.2, 0.25) is 0 Å². The van der Waals surface area contributed by atoms with Crippen molar-refractivity contribution in [3.8, 4) is 0 Å². The van der Waals surface area contributed by atoms with Gasteiger partial charge in [0.05, 0.1) is 12.2 Å². The maximum absolute atomic E-state index is 10.9. The summed E-state index contributed by atoms with van der Waals surface area (Å²) in [5.41, 5.74) is -0.545. The van der Waals surface area contributed by atoms with E-state index in [-0.39, 0.29) is 0 Å². The Morgan fingerprint density at radius 2 is 1.88 bits per heavy atom. The molecule has 0 aromatic carbocycles. The summed E-state index contributed by atoms with van der Waals surface area (Å²) in [6.45, 7) is 6.05. The molecule has 0 unspecified atom stereocenters. The predicted molar refractivity (Wildman–Crippen MR) is 66.9 cm³/mol. The normalized spacial score (nSPS) is 48.0. The summed E-state index contributed by atoms with van der Waals surface area (Å²) in [5, 5.41) is 10.9. The van der Waals surface area contributed by atoms with Crippen molar-refractivity contribution in [1.29, 1.82) is 0 Å². The second kappa shape index (κ2) is 4.52. The lowest BCUT2D eigenvalue weighted by molar-refractivity contribution is -0.113. The molecule has 3 heteroatoms. The Labute approximate surface area is 104 Å². The van der Waals surface area contributed by atoms with Crippen molar-refractivity contribution in [2.75, 3.05) is 26.3 Å². The van der Waals surface area contributed by atoms with Gasteiger partial charge in [0.25, 0.3) is 0 Å². The van der Waals surface area contributed by atoms with Crippen LogP contribution in [-0.2, 0) is 4.74 Å². The topological polar surface area (TPSA) is 32.7 Å². The van der Waals surface area contributed by atoms with Gasteiger partial charge in [-0.2, -0.15) is 0 Å². The molecule has 17 heavy (non-hydrogen) atoms. The van der Waals surface area contributed by atoms with Crippen LogP contribution in [0, 0.1) is 11.8 Å². The fourth-order valence-electron chi connectivity index (χ4n) is 4.22. The smallest absolute Gasteiger partial charge is 0.0827 e. The molecular formula is C14H25NO2.